The summed E-state index contributed by atoms with van der Waals surface area (Å²) in [6.45, 7) is -17.2. The van der Waals surface area contributed by atoms with Crippen molar-refractivity contribution >= 4 is 12.2 Å². The first-order valence-corrected chi connectivity index (χ1v) is 4.82. The molecule has 1 atom stereocenters. The molecule has 0 rings (SSSR count). The third-order valence-electron chi connectivity index (χ3n) is 1.50. The average Bonchev–Trinajstić information content (AvgIpc) is 2.46. The lowest BCUT2D eigenvalue weighted by Crippen LogP contribution is -2.37. The van der Waals surface area contributed by atoms with E-state index in [1.54, 1.807) is 0 Å². The zero-order chi connectivity index (χ0) is 26.2. The molecule has 3 N–H and O–H groups in total. The van der Waals surface area contributed by atoms with Gasteiger partial charge in [0.1, 0.15) is 13.1 Å². The molecule has 6 nitrogen and oxygen atoms in total. The molecule has 0 aromatic rings. The first-order chi connectivity index (χ1) is 13.8. The lowest BCUT2D eigenvalue weighted by molar-refractivity contribution is 0.0333. The molecule has 0 aliphatic rings. The molecule has 2 amide bonds. The Bertz CT molecular complexity index is 687. The topological polar surface area (TPSA) is 90.7 Å². The van der Waals surface area contributed by atoms with Crippen LogP contribution in [-0.4, -0.2) is 31.3 Å². The van der Waals surface area contributed by atoms with Crippen LogP contribution in [0.4, 0.5) is 9.59 Å². The Kier molecular flexibility index (Phi) is 1.98. The van der Waals surface area contributed by atoms with Crippen molar-refractivity contribution in [1.29, 1.82) is 0 Å². The third kappa shape index (κ3) is 7.76. The van der Waals surface area contributed by atoms with Gasteiger partial charge in [0.15, 0.2) is 0 Å². The Hall–Kier alpha value is -1.46. The molecule has 0 fully saturated rings. The molecule has 0 aromatic carbocycles. The molecule has 6 heteroatoms. The maximum atomic E-state index is 12.3. The Labute approximate surface area is 128 Å². The van der Waals surface area contributed by atoms with Crippen LogP contribution in [0.5, 0.6) is 0 Å². The van der Waals surface area contributed by atoms with E-state index in [2.05, 4.69) is 9.47 Å². The molecule has 0 aromatic heterocycles. The Balaban J connectivity index is 6.54. The van der Waals surface area contributed by atoms with Crippen LogP contribution in [0.2, 0.25) is 0 Å². The van der Waals surface area contributed by atoms with Crippen molar-refractivity contribution in [2.45, 2.75) is 46.3 Å². The summed E-state index contributed by atoms with van der Waals surface area (Å²) in [5.41, 5.74) is 1.36. The van der Waals surface area contributed by atoms with Crippen LogP contribution in [0.15, 0.2) is 0 Å². The lowest BCUT2D eigenvalue weighted by atomic mass is 9.87. The molecular formula is C12H24N2O4. The Morgan fingerprint density at radius 3 is 2.67 bits per heavy atom. The summed E-state index contributed by atoms with van der Waals surface area (Å²) in [7, 11) is 0. The maximum absolute atomic E-state index is 12.3. The van der Waals surface area contributed by atoms with E-state index < -0.39 is 63.7 Å². The van der Waals surface area contributed by atoms with E-state index in [1.165, 1.54) is 12.2 Å². The molecular weight excluding hydrogens is 236 g/mol. The average molecular weight is 274 g/mol. The first-order valence-electron chi connectivity index (χ1n) is 11.8. The van der Waals surface area contributed by atoms with Crippen LogP contribution >= 0.6 is 0 Å². The highest BCUT2D eigenvalue weighted by molar-refractivity contribution is 5.67. The molecule has 0 bridgehead atoms. The van der Waals surface area contributed by atoms with E-state index in [0.717, 1.165) is 0 Å². The van der Waals surface area contributed by atoms with Crippen LogP contribution in [-0.2, 0) is 9.47 Å². The number of alkyl carbamates (subject to hydrolysis) is 1. The lowest BCUT2D eigenvalue weighted by Gasteiger charge is -2.27. The van der Waals surface area contributed by atoms with Crippen molar-refractivity contribution < 1.29 is 38.3 Å². The van der Waals surface area contributed by atoms with Crippen LogP contribution in [0.25, 0.3) is 0 Å². The van der Waals surface area contributed by atoms with Gasteiger partial charge >= 0.3 is 12.2 Å². The van der Waals surface area contributed by atoms with Crippen molar-refractivity contribution in [2.24, 2.45) is 11.1 Å². The summed E-state index contributed by atoms with van der Waals surface area (Å²) >= 11 is 0. The van der Waals surface area contributed by atoms with E-state index in [0.29, 0.717) is 0 Å². The van der Waals surface area contributed by atoms with Gasteiger partial charge in [0.2, 0.25) is 0 Å². The van der Waals surface area contributed by atoms with Gasteiger partial charge in [-0.25, -0.2) is 9.59 Å². The van der Waals surface area contributed by atoms with Crippen LogP contribution < -0.4 is 11.1 Å². The molecule has 0 heterocycles. The maximum Gasteiger partial charge on any atom is 0.407 e. The second kappa shape index (κ2) is 7.79. The van der Waals surface area contributed by atoms with Gasteiger partial charge < -0.3 is 20.5 Å². The summed E-state index contributed by atoms with van der Waals surface area (Å²) < 4.78 is 115. The zero-order valence-electron chi connectivity index (χ0n) is 23.6. The monoisotopic (exact) mass is 274 g/mol. The van der Waals surface area contributed by atoms with Gasteiger partial charge in [-0.1, -0.05) is 20.2 Å². The fourth-order valence-electron chi connectivity index (χ4n) is 0.896. The van der Waals surface area contributed by atoms with Crippen molar-refractivity contribution in [3.05, 3.63) is 0 Å². The number of primary amides is 1. The number of amides is 2. The van der Waals surface area contributed by atoms with Crippen LogP contribution in [0.1, 0.15) is 59.5 Å². The van der Waals surface area contributed by atoms with E-state index in [-0.39, 0.29) is 6.42 Å². The second-order valence-corrected chi connectivity index (χ2v) is 3.17. The molecule has 0 spiro atoms. The van der Waals surface area contributed by atoms with Crippen molar-refractivity contribution in [3.8, 4) is 0 Å². The van der Waals surface area contributed by atoms with Crippen LogP contribution in [0, 0.1) is 5.41 Å². The number of ether oxygens (including phenoxy) is 2. The molecule has 0 aliphatic heterocycles. The largest absolute Gasteiger partial charge is 0.449 e. The summed E-state index contributed by atoms with van der Waals surface area (Å²) in [4.78, 5) is 23.4. The number of hydrogen-bond donors (Lipinski definition) is 2. The molecule has 0 radical (unpaired) electrons. The molecule has 1 unspecified atom stereocenters. The fraction of sp³-hybridized carbons (Fsp3) is 0.833. The van der Waals surface area contributed by atoms with Gasteiger partial charge in [-0.2, -0.15) is 0 Å². The van der Waals surface area contributed by atoms with E-state index >= 15 is 0 Å². The first kappa shape index (κ1) is 4.58. The minimum Gasteiger partial charge on any atom is -0.449 e. The number of rotatable bonds is 7. The molecule has 0 aliphatic carbocycles. The highest BCUT2D eigenvalue weighted by atomic mass is 16.6. The number of hydrogen-bond acceptors (Lipinski definition) is 4. The fourth-order valence-corrected chi connectivity index (χ4v) is 0.896. The van der Waals surface area contributed by atoms with Gasteiger partial charge in [-0.05, 0) is 20.1 Å². The van der Waals surface area contributed by atoms with E-state index in [4.69, 9.17) is 24.9 Å². The summed E-state index contributed by atoms with van der Waals surface area (Å²) in [5.74, 6) is 0. The van der Waals surface area contributed by atoms with Crippen molar-refractivity contribution in [1.82, 2.24) is 5.32 Å². The molecule has 106 valence electrons. The van der Waals surface area contributed by atoms with Gasteiger partial charge in [0, 0.05) is 23.8 Å². The third-order valence-corrected chi connectivity index (χ3v) is 1.50. The van der Waals surface area contributed by atoms with Gasteiger partial charge in [0.25, 0.3) is 0 Å². The van der Waals surface area contributed by atoms with E-state index in [9.17, 15) is 9.59 Å². The number of nitrogens with one attached hydrogen (secondary N) is 1. The standard InChI is InChI=1S/C12H24N2O4/c1-5-6-12(4,7-17-10(13)15)8-18-11(16)14-9(2)3/h9H,5-8H2,1-4H3,(H2,13,15)(H,14,16)/i2D3,3D3,4D3,7D2,8D2,9D. The van der Waals surface area contributed by atoms with Gasteiger partial charge in [-0.3, -0.25) is 0 Å². The Morgan fingerprint density at radius 2 is 2.17 bits per heavy atom. The molecule has 18 heavy (non-hydrogen) atoms. The minimum absolute atomic E-state index is 0.239. The van der Waals surface area contributed by atoms with Crippen LogP contribution in [0.3, 0.4) is 0 Å². The number of nitrogens with two attached hydrogens (primary N) is 1. The van der Waals surface area contributed by atoms with Crippen molar-refractivity contribution in [2.75, 3.05) is 13.1 Å². The predicted molar refractivity (Wildman–Crippen MR) is 68.2 cm³/mol. The summed E-state index contributed by atoms with van der Waals surface area (Å²) in [6.07, 6.45) is -5.14. The molecule has 0 saturated carbocycles. The van der Waals surface area contributed by atoms with Gasteiger partial charge in [0.05, 0.1) is 6.85 Å². The summed E-state index contributed by atoms with van der Waals surface area (Å²) in [6, 6.07) is -3.69. The zero-order valence-corrected chi connectivity index (χ0v) is 9.62. The normalized spacial score (nSPS) is 29.6. The highest BCUT2D eigenvalue weighted by Crippen LogP contribution is 2.24. The Morgan fingerprint density at radius 1 is 1.50 bits per heavy atom. The quantitative estimate of drug-likeness (QED) is 0.743. The van der Waals surface area contributed by atoms with Gasteiger partial charge in [-0.15, -0.1) is 0 Å². The number of carbonyl (C=O) groups is 2. The minimum atomic E-state index is -3.87. The number of carbonyl (C=O) groups excluding carboxylic acids is 2. The van der Waals surface area contributed by atoms with Crippen molar-refractivity contribution in [3.63, 3.8) is 0 Å². The predicted octanol–water partition coefficient (Wildman–Crippen LogP) is 2.02. The summed E-state index contributed by atoms with van der Waals surface area (Å²) in [5, 5.41) is 1.19. The van der Waals surface area contributed by atoms with E-state index in [1.807, 2.05) is 0 Å². The second-order valence-electron chi connectivity index (χ2n) is 3.17. The molecule has 0 saturated heterocycles. The highest BCUT2D eigenvalue weighted by Gasteiger charge is 2.27. The SMILES string of the molecule is [2H]C([2H])([2H])C([2H])(NC(=O)OC([2H])([2H])C(CCC)(C([2H])([2H])[2H])C([2H])([2H])OC(N)=O)C([2H])([2H])[2H]. The smallest absolute Gasteiger partial charge is 0.407 e.